The summed E-state index contributed by atoms with van der Waals surface area (Å²) in [5.74, 6) is 0. The third-order valence-electron chi connectivity index (χ3n) is 2.00. The molecule has 1 aliphatic carbocycles. The van der Waals surface area contributed by atoms with E-state index in [1.54, 1.807) is 0 Å². The summed E-state index contributed by atoms with van der Waals surface area (Å²) in [6.45, 7) is 0. The zero-order valence-electron chi connectivity index (χ0n) is 5.70. The van der Waals surface area contributed by atoms with E-state index in [1.807, 2.05) is 0 Å². The van der Waals surface area contributed by atoms with Crippen molar-refractivity contribution in [3.8, 4) is 0 Å². The summed E-state index contributed by atoms with van der Waals surface area (Å²) in [6, 6.07) is 0. The van der Waals surface area contributed by atoms with Crippen molar-refractivity contribution >= 4 is 36.6 Å². The van der Waals surface area contributed by atoms with Gasteiger partial charge in [0.15, 0.2) is 0 Å². The quantitative estimate of drug-likeness (QED) is 0.528. The lowest BCUT2D eigenvalue weighted by molar-refractivity contribution is -0.112. The molecule has 0 atom stereocenters. The summed E-state index contributed by atoms with van der Waals surface area (Å²) in [5.41, 5.74) is 0. The predicted molar refractivity (Wildman–Crippen MR) is 48.7 cm³/mol. The van der Waals surface area contributed by atoms with Crippen molar-refractivity contribution in [1.82, 2.24) is 0 Å². The molecular weight excluding hydrogens is 260 g/mol. The highest BCUT2D eigenvalue weighted by Crippen LogP contribution is 2.37. The Balaban J connectivity index is 2.56. The van der Waals surface area contributed by atoms with E-state index in [4.69, 9.17) is 0 Å². The third-order valence-corrected chi connectivity index (χ3v) is 4.44. The molecule has 0 aromatic carbocycles. The molecule has 0 unspecified atom stereocenters. The highest BCUT2D eigenvalue weighted by atomic mass is 79.9. The molecule has 0 heterocycles. The number of hydrogen-bond donors (Lipinski definition) is 0. The molecule has 0 saturated heterocycles. The second-order valence-electron chi connectivity index (χ2n) is 2.80. The third kappa shape index (κ3) is 1.82. The van der Waals surface area contributed by atoms with Crippen LogP contribution in [0, 0.1) is 0 Å². The number of carbonyl (C=O) groups excluding carboxylic acids is 1. The predicted octanol–water partition coefficient (Wildman–Crippen LogP) is 3.01. The highest BCUT2D eigenvalue weighted by molar-refractivity contribution is 9.20. The number of alkyl halides is 1. The molecule has 0 aromatic rings. The van der Waals surface area contributed by atoms with Crippen LogP contribution in [0.1, 0.15) is 32.1 Å². The molecule has 0 aromatic heterocycles. The largest absolute Gasteiger partial charge is 0.285 e. The minimum atomic E-state index is -0.231. The van der Waals surface area contributed by atoms with Gasteiger partial charge in [-0.2, -0.15) is 0 Å². The molecule has 0 N–H and O–H groups in total. The first-order valence-electron chi connectivity index (χ1n) is 3.54. The SMILES string of the molecule is O=C(Br)C1(Br)CCCCC1. The Kier molecular flexibility index (Phi) is 2.92. The fraction of sp³-hybridized carbons (Fsp3) is 0.857. The average molecular weight is 270 g/mol. The van der Waals surface area contributed by atoms with Gasteiger partial charge in [-0.25, -0.2) is 0 Å². The van der Waals surface area contributed by atoms with E-state index in [1.165, 1.54) is 19.3 Å². The van der Waals surface area contributed by atoms with Crippen LogP contribution in [0.2, 0.25) is 0 Å². The van der Waals surface area contributed by atoms with Gasteiger partial charge in [0.05, 0.1) is 4.32 Å². The molecule has 1 aliphatic rings. The van der Waals surface area contributed by atoms with E-state index >= 15 is 0 Å². The van der Waals surface area contributed by atoms with Gasteiger partial charge in [-0.15, -0.1) is 0 Å². The van der Waals surface area contributed by atoms with Crippen molar-refractivity contribution < 1.29 is 4.79 Å². The van der Waals surface area contributed by atoms with E-state index in [0.717, 1.165) is 12.8 Å². The number of hydrogen-bond acceptors (Lipinski definition) is 1. The maximum Gasteiger partial charge on any atom is 0.214 e. The smallest absolute Gasteiger partial charge is 0.214 e. The summed E-state index contributed by atoms with van der Waals surface area (Å²) in [7, 11) is 0. The normalized spacial score (nSPS) is 24.2. The standard InChI is InChI=1S/C7H10Br2O/c8-6(10)7(9)4-2-1-3-5-7/h1-5H2. The summed E-state index contributed by atoms with van der Waals surface area (Å²) in [4.78, 5) is 11.0. The summed E-state index contributed by atoms with van der Waals surface area (Å²) in [6.07, 6.45) is 5.58. The molecule has 0 aliphatic heterocycles. The molecule has 1 saturated carbocycles. The van der Waals surface area contributed by atoms with Gasteiger partial charge >= 0.3 is 0 Å². The number of carbonyl (C=O) groups is 1. The van der Waals surface area contributed by atoms with Gasteiger partial charge in [0.1, 0.15) is 0 Å². The highest BCUT2D eigenvalue weighted by Gasteiger charge is 2.34. The summed E-state index contributed by atoms with van der Waals surface area (Å²) < 4.78 is -0.120. The van der Waals surface area contributed by atoms with E-state index in [0.29, 0.717) is 0 Å². The zero-order valence-corrected chi connectivity index (χ0v) is 8.87. The van der Waals surface area contributed by atoms with Crippen LogP contribution in [0.4, 0.5) is 0 Å². The Bertz CT molecular complexity index is 139. The molecule has 1 fully saturated rings. The van der Waals surface area contributed by atoms with Gasteiger partial charge in [0, 0.05) is 0 Å². The molecule has 1 rings (SSSR count). The topological polar surface area (TPSA) is 17.1 Å². The maximum atomic E-state index is 11.0. The van der Waals surface area contributed by atoms with Crippen molar-refractivity contribution in [1.29, 1.82) is 0 Å². The molecule has 3 heteroatoms. The van der Waals surface area contributed by atoms with Gasteiger partial charge in [-0.3, -0.25) is 4.79 Å². The first-order valence-corrected chi connectivity index (χ1v) is 5.13. The van der Waals surface area contributed by atoms with E-state index in [9.17, 15) is 4.79 Å². The zero-order chi connectivity index (χ0) is 7.61. The molecule has 58 valence electrons. The lowest BCUT2D eigenvalue weighted by Crippen LogP contribution is -2.30. The van der Waals surface area contributed by atoms with Gasteiger partial charge in [0.25, 0.3) is 0 Å². The monoisotopic (exact) mass is 268 g/mol. The number of halogens is 2. The molecule has 0 amide bonds. The minimum Gasteiger partial charge on any atom is -0.285 e. The fourth-order valence-electron chi connectivity index (χ4n) is 1.31. The Hall–Kier alpha value is 0.630. The first-order chi connectivity index (χ1) is 4.65. The Labute approximate surface area is 77.8 Å². The van der Waals surface area contributed by atoms with Crippen LogP contribution >= 0.6 is 31.9 Å². The van der Waals surface area contributed by atoms with E-state index in [-0.39, 0.29) is 9.02 Å². The molecule has 10 heavy (non-hydrogen) atoms. The van der Waals surface area contributed by atoms with E-state index < -0.39 is 0 Å². The second kappa shape index (κ2) is 3.35. The van der Waals surface area contributed by atoms with Crippen molar-refractivity contribution in [2.24, 2.45) is 0 Å². The molecule has 0 bridgehead atoms. The average Bonchev–Trinajstić information content (AvgIpc) is 1.89. The maximum absolute atomic E-state index is 11.0. The van der Waals surface area contributed by atoms with Gasteiger partial charge < -0.3 is 0 Å². The second-order valence-corrected chi connectivity index (χ2v) is 5.04. The Morgan fingerprint density at radius 1 is 1.20 bits per heavy atom. The van der Waals surface area contributed by atoms with Gasteiger partial charge in [-0.05, 0) is 28.8 Å². The lowest BCUT2D eigenvalue weighted by atomic mass is 9.90. The van der Waals surface area contributed by atoms with Crippen molar-refractivity contribution in [2.45, 2.75) is 36.4 Å². The lowest BCUT2D eigenvalue weighted by Gasteiger charge is -2.27. The van der Waals surface area contributed by atoms with Crippen molar-refractivity contribution in [3.05, 3.63) is 0 Å². The molecule has 0 spiro atoms. The summed E-state index contributed by atoms with van der Waals surface area (Å²) in [5, 5.41) is 0. The van der Waals surface area contributed by atoms with Crippen LogP contribution in [0.5, 0.6) is 0 Å². The Morgan fingerprint density at radius 3 is 2.00 bits per heavy atom. The van der Waals surface area contributed by atoms with Crippen LogP contribution in [-0.2, 0) is 4.79 Å². The summed E-state index contributed by atoms with van der Waals surface area (Å²) >= 11 is 6.47. The number of rotatable bonds is 1. The van der Waals surface area contributed by atoms with Crippen LogP contribution in [0.25, 0.3) is 0 Å². The molecule has 0 radical (unpaired) electrons. The van der Waals surface area contributed by atoms with Crippen molar-refractivity contribution in [3.63, 3.8) is 0 Å². The Morgan fingerprint density at radius 2 is 1.70 bits per heavy atom. The van der Waals surface area contributed by atoms with Crippen molar-refractivity contribution in [2.75, 3.05) is 0 Å². The van der Waals surface area contributed by atoms with Crippen LogP contribution in [-0.4, -0.2) is 9.02 Å². The van der Waals surface area contributed by atoms with Gasteiger partial charge in [-0.1, -0.05) is 35.2 Å². The van der Waals surface area contributed by atoms with E-state index in [2.05, 4.69) is 31.9 Å². The first kappa shape index (κ1) is 8.72. The van der Waals surface area contributed by atoms with Crippen LogP contribution < -0.4 is 0 Å². The molecular formula is C7H10Br2O. The van der Waals surface area contributed by atoms with Gasteiger partial charge in [0.2, 0.25) is 4.69 Å². The van der Waals surface area contributed by atoms with Crippen LogP contribution in [0.3, 0.4) is 0 Å². The minimum absolute atomic E-state index is 0.111. The fourth-order valence-corrected chi connectivity index (χ4v) is 2.27. The van der Waals surface area contributed by atoms with Crippen LogP contribution in [0.15, 0.2) is 0 Å². The molecule has 1 nitrogen and oxygen atoms in total.